The monoisotopic (exact) mass is 183 g/mol. The Bertz CT molecular complexity index is 147. The lowest BCUT2D eigenvalue weighted by Crippen LogP contribution is -2.56. The molecule has 0 bridgehead atoms. The van der Waals surface area contributed by atoms with Crippen molar-refractivity contribution in [3.8, 4) is 0 Å². The molecule has 0 aromatic rings. The van der Waals surface area contributed by atoms with Gasteiger partial charge in [-0.25, -0.2) is 0 Å². The first-order valence-electron chi connectivity index (χ1n) is 3.75. The fourth-order valence-corrected chi connectivity index (χ4v) is 1.24. The number of piperazine rings is 1. The van der Waals surface area contributed by atoms with Crippen LogP contribution in [0.4, 0.5) is 13.2 Å². The Morgan fingerprint density at radius 1 is 1.50 bits per heavy atom. The number of alkyl halides is 3. The summed E-state index contributed by atoms with van der Waals surface area (Å²) in [7, 11) is 0. The Balaban J connectivity index is 2.32. The highest BCUT2D eigenvalue weighted by Crippen LogP contribution is 2.16. The van der Waals surface area contributed by atoms with Crippen molar-refractivity contribution in [2.75, 3.05) is 26.2 Å². The first-order valence-corrected chi connectivity index (χ1v) is 3.75. The van der Waals surface area contributed by atoms with E-state index in [1.807, 2.05) is 0 Å². The van der Waals surface area contributed by atoms with E-state index < -0.39 is 12.7 Å². The number of rotatable bonds is 1. The van der Waals surface area contributed by atoms with Gasteiger partial charge in [-0.05, 0) is 0 Å². The van der Waals surface area contributed by atoms with E-state index in [4.69, 9.17) is 5.73 Å². The van der Waals surface area contributed by atoms with Gasteiger partial charge in [0.1, 0.15) is 0 Å². The smallest absolute Gasteiger partial charge is 0.315 e. The highest BCUT2D eigenvalue weighted by molar-refractivity contribution is 4.75. The Morgan fingerprint density at radius 3 is 2.67 bits per heavy atom. The lowest BCUT2D eigenvalue weighted by molar-refractivity contribution is -0.148. The van der Waals surface area contributed by atoms with Crippen LogP contribution in [0.15, 0.2) is 0 Å². The van der Waals surface area contributed by atoms with Gasteiger partial charge in [-0.15, -0.1) is 0 Å². The van der Waals surface area contributed by atoms with Crippen molar-refractivity contribution in [1.29, 1.82) is 0 Å². The SMILES string of the molecule is N[C@H]1CN(CC(F)(F)F)CCN1. The number of nitrogens with two attached hydrogens (primary N) is 1. The van der Waals surface area contributed by atoms with Crippen LogP contribution >= 0.6 is 0 Å². The van der Waals surface area contributed by atoms with Crippen molar-refractivity contribution in [2.45, 2.75) is 12.3 Å². The highest BCUT2D eigenvalue weighted by Gasteiger charge is 2.32. The molecule has 1 aliphatic heterocycles. The van der Waals surface area contributed by atoms with Crippen LogP contribution < -0.4 is 11.1 Å². The zero-order valence-corrected chi connectivity index (χ0v) is 6.56. The normalized spacial score (nSPS) is 27.5. The molecule has 0 amide bonds. The van der Waals surface area contributed by atoms with Gasteiger partial charge >= 0.3 is 6.18 Å². The topological polar surface area (TPSA) is 41.3 Å². The quantitative estimate of drug-likeness (QED) is 0.588. The zero-order valence-electron chi connectivity index (χ0n) is 6.56. The molecule has 1 fully saturated rings. The fourth-order valence-electron chi connectivity index (χ4n) is 1.24. The maximum Gasteiger partial charge on any atom is 0.401 e. The lowest BCUT2D eigenvalue weighted by Gasteiger charge is -2.31. The van der Waals surface area contributed by atoms with Crippen LogP contribution in [0.1, 0.15) is 0 Å². The van der Waals surface area contributed by atoms with E-state index in [2.05, 4.69) is 5.32 Å². The fraction of sp³-hybridized carbons (Fsp3) is 1.00. The van der Waals surface area contributed by atoms with E-state index in [1.165, 1.54) is 4.90 Å². The van der Waals surface area contributed by atoms with Gasteiger partial charge in [0.05, 0.1) is 12.7 Å². The Morgan fingerprint density at radius 2 is 2.17 bits per heavy atom. The number of halogens is 3. The summed E-state index contributed by atoms with van der Waals surface area (Å²) in [6.07, 6.45) is -4.45. The third kappa shape index (κ3) is 3.38. The van der Waals surface area contributed by atoms with E-state index in [0.29, 0.717) is 13.1 Å². The summed E-state index contributed by atoms with van der Waals surface area (Å²) in [6, 6.07) is 0. The van der Waals surface area contributed by atoms with Crippen LogP contribution in [0.5, 0.6) is 0 Å². The van der Waals surface area contributed by atoms with Crippen LogP contribution in [0.3, 0.4) is 0 Å². The van der Waals surface area contributed by atoms with Crippen molar-refractivity contribution >= 4 is 0 Å². The minimum Gasteiger partial charge on any atom is -0.315 e. The van der Waals surface area contributed by atoms with Crippen LogP contribution in [0, 0.1) is 0 Å². The molecule has 1 rings (SSSR count). The van der Waals surface area contributed by atoms with E-state index in [0.717, 1.165) is 0 Å². The molecule has 0 radical (unpaired) electrons. The predicted molar refractivity (Wildman–Crippen MR) is 38.5 cm³/mol. The summed E-state index contributed by atoms with van der Waals surface area (Å²) >= 11 is 0. The number of nitrogens with zero attached hydrogens (tertiary/aromatic N) is 1. The summed E-state index contributed by atoms with van der Waals surface area (Å²) in [6.45, 7) is 0.340. The van der Waals surface area contributed by atoms with Crippen LogP contribution in [0.25, 0.3) is 0 Å². The summed E-state index contributed by atoms with van der Waals surface area (Å²) in [5.41, 5.74) is 5.42. The number of nitrogens with one attached hydrogen (secondary N) is 1. The van der Waals surface area contributed by atoms with Crippen LogP contribution in [-0.4, -0.2) is 43.4 Å². The summed E-state index contributed by atoms with van der Waals surface area (Å²) in [5, 5.41) is 2.87. The highest BCUT2D eigenvalue weighted by atomic mass is 19.4. The first kappa shape index (κ1) is 9.76. The summed E-state index contributed by atoms with van der Waals surface area (Å²) in [4.78, 5) is 1.31. The molecule has 0 aromatic heterocycles. The zero-order chi connectivity index (χ0) is 9.19. The van der Waals surface area contributed by atoms with Gasteiger partial charge in [-0.2, -0.15) is 13.2 Å². The van der Waals surface area contributed by atoms with Crippen molar-refractivity contribution < 1.29 is 13.2 Å². The second-order valence-electron chi connectivity index (χ2n) is 2.91. The molecule has 1 aliphatic rings. The second-order valence-corrected chi connectivity index (χ2v) is 2.91. The molecule has 0 spiro atoms. The summed E-state index contributed by atoms with van der Waals surface area (Å²) < 4.78 is 35.6. The molecule has 6 heteroatoms. The molecular weight excluding hydrogens is 171 g/mol. The predicted octanol–water partition coefficient (Wildman–Crippen LogP) is -0.261. The Kier molecular flexibility index (Phi) is 2.92. The molecule has 0 saturated carbocycles. The average Bonchev–Trinajstić information content (AvgIpc) is 1.82. The van der Waals surface area contributed by atoms with Gasteiger partial charge < -0.3 is 5.73 Å². The van der Waals surface area contributed by atoms with Crippen LogP contribution in [0.2, 0.25) is 0 Å². The van der Waals surface area contributed by atoms with Gasteiger partial charge in [0.2, 0.25) is 0 Å². The lowest BCUT2D eigenvalue weighted by atomic mass is 10.3. The van der Waals surface area contributed by atoms with Crippen molar-refractivity contribution in [3.63, 3.8) is 0 Å². The van der Waals surface area contributed by atoms with E-state index in [1.54, 1.807) is 0 Å². The molecule has 1 atom stereocenters. The molecule has 0 aliphatic carbocycles. The number of hydrogen-bond donors (Lipinski definition) is 2. The molecule has 12 heavy (non-hydrogen) atoms. The van der Waals surface area contributed by atoms with E-state index in [-0.39, 0.29) is 12.7 Å². The molecule has 0 aromatic carbocycles. The van der Waals surface area contributed by atoms with Gasteiger partial charge in [-0.1, -0.05) is 0 Å². The maximum absolute atomic E-state index is 11.9. The van der Waals surface area contributed by atoms with E-state index in [9.17, 15) is 13.2 Å². The molecule has 3 nitrogen and oxygen atoms in total. The van der Waals surface area contributed by atoms with Crippen LogP contribution in [-0.2, 0) is 0 Å². The average molecular weight is 183 g/mol. The van der Waals surface area contributed by atoms with E-state index >= 15 is 0 Å². The molecule has 0 unspecified atom stereocenters. The molecule has 1 saturated heterocycles. The minimum atomic E-state index is -4.11. The Labute approximate surface area is 68.7 Å². The first-order chi connectivity index (χ1) is 5.47. The standard InChI is InChI=1S/C6H12F3N3/c7-6(8,9)4-12-2-1-11-5(10)3-12/h5,11H,1-4,10H2/t5-/m1/s1. The minimum absolute atomic E-state index is 0.263. The van der Waals surface area contributed by atoms with Gasteiger partial charge in [0, 0.05) is 19.6 Å². The van der Waals surface area contributed by atoms with Gasteiger partial charge in [0.25, 0.3) is 0 Å². The molecule has 3 N–H and O–H groups in total. The maximum atomic E-state index is 11.9. The molecule has 72 valence electrons. The largest absolute Gasteiger partial charge is 0.401 e. The summed E-state index contributed by atoms with van der Waals surface area (Å²) in [5.74, 6) is 0. The van der Waals surface area contributed by atoms with Crippen molar-refractivity contribution in [2.24, 2.45) is 5.73 Å². The third-order valence-electron chi connectivity index (χ3n) is 1.69. The Hall–Kier alpha value is -0.330. The number of hydrogen-bond acceptors (Lipinski definition) is 3. The molecular formula is C6H12F3N3. The van der Waals surface area contributed by atoms with Gasteiger partial charge in [-0.3, -0.25) is 10.2 Å². The van der Waals surface area contributed by atoms with Gasteiger partial charge in [0.15, 0.2) is 0 Å². The van der Waals surface area contributed by atoms with Crippen molar-refractivity contribution in [1.82, 2.24) is 10.2 Å². The second kappa shape index (κ2) is 3.59. The van der Waals surface area contributed by atoms with Crippen molar-refractivity contribution in [3.05, 3.63) is 0 Å². The molecule has 1 heterocycles. The third-order valence-corrected chi connectivity index (χ3v) is 1.69.